The van der Waals surface area contributed by atoms with Gasteiger partial charge in [-0.3, -0.25) is 0 Å². The first-order chi connectivity index (χ1) is 3.93. The van der Waals surface area contributed by atoms with E-state index in [-0.39, 0.29) is 37.2 Å². The average Bonchev–Trinajstić information content (AvgIpc) is 1.90. The number of halogens is 3. The van der Waals surface area contributed by atoms with Gasteiger partial charge >= 0.3 is 0 Å². The first-order valence-corrected chi connectivity index (χ1v) is 3.34. The van der Waals surface area contributed by atoms with Crippen LogP contribution in [-0.4, -0.2) is 19.6 Å². The van der Waals surface area contributed by atoms with Crippen LogP contribution in [0, 0.1) is 5.92 Å². The molecule has 3 N–H and O–H groups in total. The Labute approximate surface area is 86.9 Å². The molecule has 5 heteroatoms. The molecule has 11 heavy (non-hydrogen) atoms. The van der Waals surface area contributed by atoms with E-state index in [2.05, 4.69) is 5.32 Å². The molecule has 1 fully saturated rings. The lowest BCUT2D eigenvalue weighted by Gasteiger charge is -2.20. The lowest BCUT2D eigenvalue weighted by atomic mass is 10.0. The predicted octanol–water partition coefficient (Wildman–Crippen LogP) is 1.21. The van der Waals surface area contributed by atoms with Crippen molar-refractivity contribution in [3.05, 3.63) is 0 Å². The van der Waals surface area contributed by atoms with E-state index in [1.807, 2.05) is 0 Å². The van der Waals surface area contributed by atoms with E-state index in [9.17, 15) is 0 Å². The van der Waals surface area contributed by atoms with Gasteiger partial charge in [0.05, 0.1) is 0 Å². The highest BCUT2D eigenvalue weighted by molar-refractivity contribution is 5.86. The van der Waals surface area contributed by atoms with Crippen molar-refractivity contribution in [2.24, 2.45) is 11.7 Å². The zero-order valence-electron chi connectivity index (χ0n) is 6.41. The van der Waals surface area contributed by atoms with Gasteiger partial charge in [0.1, 0.15) is 0 Å². The normalized spacial score (nSPS) is 22.1. The van der Waals surface area contributed by atoms with Gasteiger partial charge in [-0.15, -0.1) is 37.2 Å². The van der Waals surface area contributed by atoms with Crippen molar-refractivity contribution < 1.29 is 0 Å². The van der Waals surface area contributed by atoms with E-state index < -0.39 is 0 Å². The van der Waals surface area contributed by atoms with Crippen molar-refractivity contribution in [3.63, 3.8) is 0 Å². The molecule has 1 aliphatic heterocycles. The van der Waals surface area contributed by atoms with Gasteiger partial charge in [0.15, 0.2) is 0 Å². The van der Waals surface area contributed by atoms with Gasteiger partial charge < -0.3 is 11.1 Å². The summed E-state index contributed by atoms with van der Waals surface area (Å²) < 4.78 is 0. The molecule has 0 aromatic carbocycles. The maximum atomic E-state index is 5.46. The topological polar surface area (TPSA) is 38.0 Å². The summed E-state index contributed by atoms with van der Waals surface area (Å²) in [5.74, 6) is 0.753. The van der Waals surface area contributed by atoms with Gasteiger partial charge in [-0.2, -0.15) is 0 Å². The Kier molecular flexibility index (Phi) is 17.4. The van der Waals surface area contributed by atoms with Gasteiger partial charge in [-0.05, 0) is 38.4 Å². The summed E-state index contributed by atoms with van der Waals surface area (Å²) in [5.41, 5.74) is 5.46. The highest BCUT2D eigenvalue weighted by Crippen LogP contribution is 2.06. The van der Waals surface area contributed by atoms with Gasteiger partial charge in [0.25, 0.3) is 0 Å². The zero-order valence-corrected chi connectivity index (χ0v) is 8.86. The van der Waals surface area contributed by atoms with Crippen LogP contribution in [0.1, 0.15) is 12.8 Å². The highest BCUT2D eigenvalue weighted by Gasteiger charge is 2.09. The van der Waals surface area contributed by atoms with Gasteiger partial charge in [-0.1, -0.05) is 0 Å². The summed E-state index contributed by atoms with van der Waals surface area (Å²) in [6.45, 7) is 3.18. The second kappa shape index (κ2) is 10.8. The average molecular weight is 224 g/mol. The zero-order chi connectivity index (χ0) is 5.82. The Morgan fingerprint density at radius 3 is 2.18 bits per heavy atom. The van der Waals surface area contributed by atoms with Gasteiger partial charge in [-0.25, -0.2) is 0 Å². The number of hydrogen-bond acceptors (Lipinski definition) is 2. The summed E-state index contributed by atoms with van der Waals surface area (Å²) in [4.78, 5) is 0. The van der Waals surface area contributed by atoms with Crippen LogP contribution in [0.2, 0.25) is 0 Å². The lowest BCUT2D eigenvalue weighted by Crippen LogP contribution is -2.33. The van der Waals surface area contributed by atoms with E-state index in [1.54, 1.807) is 0 Å². The summed E-state index contributed by atoms with van der Waals surface area (Å²) in [5, 5.41) is 3.31. The molecule has 1 rings (SSSR count). The van der Waals surface area contributed by atoms with Crippen LogP contribution in [0.4, 0.5) is 0 Å². The van der Waals surface area contributed by atoms with Gasteiger partial charge in [0.2, 0.25) is 0 Å². The van der Waals surface area contributed by atoms with Crippen molar-refractivity contribution in [2.75, 3.05) is 19.6 Å². The van der Waals surface area contributed by atoms with Crippen molar-refractivity contribution in [1.29, 1.82) is 0 Å². The van der Waals surface area contributed by atoms with Crippen LogP contribution < -0.4 is 11.1 Å². The van der Waals surface area contributed by atoms with Gasteiger partial charge in [0, 0.05) is 0 Å². The Hall–Kier alpha value is 0.790. The van der Waals surface area contributed by atoms with Crippen LogP contribution in [0.25, 0.3) is 0 Å². The van der Waals surface area contributed by atoms with Crippen LogP contribution in [0.3, 0.4) is 0 Å². The summed E-state index contributed by atoms with van der Waals surface area (Å²) in [7, 11) is 0. The van der Waals surface area contributed by atoms with Crippen molar-refractivity contribution in [3.8, 4) is 0 Å². The first-order valence-electron chi connectivity index (χ1n) is 3.34. The fraction of sp³-hybridized carbons (Fsp3) is 1.00. The molecule has 0 spiro atoms. The molecule has 1 atom stereocenters. The largest absolute Gasteiger partial charge is 0.330 e. The van der Waals surface area contributed by atoms with E-state index in [0.29, 0.717) is 0 Å². The molecule has 1 heterocycles. The van der Waals surface area contributed by atoms with Crippen LogP contribution in [-0.2, 0) is 0 Å². The second-order valence-electron chi connectivity index (χ2n) is 2.45. The summed E-state index contributed by atoms with van der Waals surface area (Å²) >= 11 is 0. The minimum Gasteiger partial charge on any atom is -0.330 e. The predicted molar refractivity (Wildman–Crippen MR) is 56.4 cm³/mol. The van der Waals surface area contributed by atoms with Crippen LogP contribution in [0.5, 0.6) is 0 Å². The summed E-state index contributed by atoms with van der Waals surface area (Å²) in [6, 6.07) is 0. The Balaban J connectivity index is -0.000000213. The minimum atomic E-state index is 0. The Morgan fingerprint density at radius 1 is 1.27 bits per heavy atom. The smallest absolute Gasteiger partial charge is 0.000845 e. The van der Waals surface area contributed by atoms with Crippen molar-refractivity contribution >= 4 is 37.2 Å². The maximum Gasteiger partial charge on any atom is -0.000845 e. The molecule has 0 aliphatic carbocycles. The molecule has 0 aromatic rings. The first kappa shape index (κ1) is 17.8. The quantitative estimate of drug-likeness (QED) is 0.701. The number of nitrogens with two attached hydrogens (primary N) is 1. The summed E-state index contributed by atoms with van der Waals surface area (Å²) in [6.07, 6.45) is 2.63. The maximum absolute atomic E-state index is 5.46. The number of piperidine rings is 1. The molecule has 0 bridgehead atoms. The van der Waals surface area contributed by atoms with Crippen molar-refractivity contribution in [2.45, 2.75) is 12.8 Å². The second-order valence-corrected chi connectivity index (χ2v) is 2.45. The van der Waals surface area contributed by atoms with Crippen molar-refractivity contribution in [1.82, 2.24) is 5.32 Å². The van der Waals surface area contributed by atoms with Crippen LogP contribution >= 0.6 is 37.2 Å². The molecular formula is C6H17Cl3N2. The number of rotatable bonds is 1. The molecule has 72 valence electrons. The molecule has 1 unspecified atom stereocenters. The molecule has 1 saturated heterocycles. The Morgan fingerprint density at radius 2 is 1.91 bits per heavy atom. The fourth-order valence-corrected chi connectivity index (χ4v) is 1.13. The standard InChI is InChI=1S/C6H14N2.3ClH/c7-4-6-2-1-3-8-5-6;;;/h6,8H,1-5,7H2;3*1H. The fourth-order valence-electron chi connectivity index (χ4n) is 1.13. The minimum absolute atomic E-state index is 0. The molecule has 0 amide bonds. The van der Waals surface area contributed by atoms with E-state index >= 15 is 0 Å². The van der Waals surface area contributed by atoms with Crippen LogP contribution in [0.15, 0.2) is 0 Å². The highest BCUT2D eigenvalue weighted by atomic mass is 35.5. The molecule has 0 aromatic heterocycles. The molecular weight excluding hydrogens is 206 g/mol. The van der Waals surface area contributed by atoms with E-state index in [1.165, 1.54) is 19.4 Å². The van der Waals surface area contributed by atoms with E-state index in [0.717, 1.165) is 19.0 Å². The third-order valence-electron chi connectivity index (χ3n) is 1.73. The number of nitrogens with one attached hydrogen (secondary N) is 1. The Bertz CT molecular complexity index is 66.8. The molecule has 1 aliphatic rings. The third kappa shape index (κ3) is 7.16. The lowest BCUT2D eigenvalue weighted by molar-refractivity contribution is 0.385. The molecule has 0 radical (unpaired) electrons. The SMILES string of the molecule is Cl.Cl.Cl.NCC1CCCNC1. The third-order valence-corrected chi connectivity index (χ3v) is 1.73. The molecule has 2 nitrogen and oxygen atoms in total. The monoisotopic (exact) mass is 222 g/mol. The number of hydrogen-bond donors (Lipinski definition) is 2. The molecule has 0 saturated carbocycles. The van der Waals surface area contributed by atoms with E-state index in [4.69, 9.17) is 5.73 Å².